The highest BCUT2D eigenvalue weighted by molar-refractivity contribution is 9.15. The highest BCUT2D eigenvalue weighted by Gasteiger charge is 2.21. The lowest BCUT2D eigenvalue weighted by Gasteiger charge is -2.13. The van der Waals surface area contributed by atoms with Gasteiger partial charge in [-0.1, -0.05) is 18.2 Å². The smallest absolute Gasteiger partial charge is 0.395 e. The van der Waals surface area contributed by atoms with Crippen molar-refractivity contribution in [1.29, 1.82) is 0 Å². The maximum absolute atomic E-state index is 11.9. The lowest BCUT2D eigenvalue weighted by Crippen LogP contribution is -2.14. The number of carbonyl (C=O) groups excluding carboxylic acids is 1. The van der Waals surface area contributed by atoms with E-state index in [9.17, 15) is 4.79 Å². The third kappa shape index (κ3) is 4.10. The van der Waals surface area contributed by atoms with Gasteiger partial charge < -0.3 is 9.47 Å². The highest BCUT2D eigenvalue weighted by Crippen LogP contribution is 2.48. The van der Waals surface area contributed by atoms with Crippen molar-refractivity contribution in [3.63, 3.8) is 0 Å². The van der Waals surface area contributed by atoms with Crippen LogP contribution in [0.5, 0.6) is 11.5 Å². The van der Waals surface area contributed by atoms with Crippen LogP contribution in [0.15, 0.2) is 52.7 Å². The molecule has 2 aromatic rings. The predicted molar refractivity (Wildman–Crippen MR) is 98.0 cm³/mol. The minimum atomic E-state index is -0.830. The standard InChI is InChI=1S/C13H5Br5O3/c14-7-8(15)10(17)12(11(18)9(7)16)21-13(19)20-6-4-2-1-3-5-6/h1-5H. The van der Waals surface area contributed by atoms with E-state index in [1.54, 1.807) is 24.3 Å². The lowest BCUT2D eigenvalue weighted by atomic mass is 10.3. The molecule has 0 bridgehead atoms. The van der Waals surface area contributed by atoms with Crippen LogP contribution in [0.4, 0.5) is 4.79 Å². The van der Waals surface area contributed by atoms with Crippen LogP contribution in [0.2, 0.25) is 0 Å². The van der Waals surface area contributed by atoms with E-state index in [-0.39, 0.29) is 0 Å². The lowest BCUT2D eigenvalue weighted by molar-refractivity contribution is 0.151. The molecular formula is C13H5Br5O3. The van der Waals surface area contributed by atoms with Gasteiger partial charge in [0.05, 0.1) is 17.9 Å². The van der Waals surface area contributed by atoms with E-state index in [1.165, 1.54) is 0 Å². The molecule has 0 aromatic heterocycles. The van der Waals surface area contributed by atoms with Crippen LogP contribution in [0.25, 0.3) is 0 Å². The summed E-state index contributed by atoms with van der Waals surface area (Å²) in [4.78, 5) is 11.9. The van der Waals surface area contributed by atoms with Crippen molar-refractivity contribution in [2.45, 2.75) is 0 Å². The first-order chi connectivity index (χ1) is 9.91. The molecular weight excluding hydrogens is 604 g/mol. The Kier molecular flexibility index (Phi) is 6.31. The number of carbonyl (C=O) groups is 1. The van der Waals surface area contributed by atoms with Crippen LogP contribution in [0.1, 0.15) is 0 Å². The van der Waals surface area contributed by atoms with E-state index in [4.69, 9.17) is 9.47 Å². The molecule has 0 atom stereocenters. The highest BCUT2D eigenvalue weighted by atomic mass is 79.9. The van der Waals surface area contributed by atoms with Crippen molar-refractivity contribution in [3.05, 3.63) is 52.7 Å². The van der Waals surface area contributed by atoms with E-state index in [2.05, 4.69) is 79.6 Å². The molecule has 0 aliphatic heterocycles. The second-order valence-electron chi connectivity index (χ2n) is 3.67. The summed E-state index contributed by atoms with van der Waals surface area (Å²) in [5.41, 5.74) is 0. The fraction of sp³-hybridized carbons (Fsp3) is 0. The molecule has 21 heavy (non-hydrogen) atoms. The first-order valence-corrected chi connectivity index (χ1v) is 9.34. The molecule has 0 fully saturated rings. The summed E-state index contributed by atoms with van der Waals surface area (Å²) in [5.74, 6) is 0.711. The maximum Gasteiger partial charge on any atom is 0.519 e. The van der Waals surface area contributed by atoms with Crippen molar-refractivity contribution < 1.29 is 14.3 Å². The molecule has 2 rings (SSSR count). The van der Waals surface area contributed by atoms with E-state index in [0.29, 0.717) is 29.4 Å². The summed E-state index contributed by atoms with van der Waals surface area (Å²) in [6.45, 7) is 0. The molecule has 0 N–H and O–H groups in total. The van der Waals surface area contributed by atoms with Gasteiger partial charge in [-0.25, -0.2) is 4.79 Å². The molecule has 110 valence electrons. The maximum atomic E-state index is 11.9. The average Bonchev–Trinajstić information content (AvgIpc) is 2.48. The van der Waals surface area contributed by atoms with Crippen molar-refractivity contribution in [1.82, 2.24) is 0 Å². The quantitative estimate of drug-likeness (QED) is 0.158. The van der Waals surface area contributed by atoms with Crippen molar-refractivity contribution in [2.24, 2.45) is 0 Å². The molecule has 0 spiro atoms. The summed E-state index contributed by atoms with van der Waals surface area (Å²) in [5, 5.41) is 0. The average molecular weight is 609 g/mol. The van der Waals surface area contributed by atoms with Crippen LogP contribution in [-0.2, 0) is 0 Å². The summed E-state index contributed by atoms with van der Waals surface area (Å²) >= 11 is 16.9. The van der Waals surface area contributed by atoms with E-state index in [1.807, 2.05) is 6.07 Å². The molecule has 0 saturated carbocycles. The van der Waals surface area contributed by atoms with Gasteiger partial charge in [-0.2, -0.15) is 0 Å². The Bertz CT molecular complexity index is 659. The number of para-hydroxylation sites is 1. The van der Waals surface area contributed by atoms with Crippen molar-refractivity contribution in [3.8, 4) is 11.5 Å². The summed E-state index contributed by atoms with van der Waals surface area (Å²) in [6.07, 6.45) is -0.830. The number of rotatable bonds is 2. The monoisotopic (exact) mass is 604 g/mol. The van der Waals surface area contributed by atoms with Gasteiger partial charge >= 0.3 is 6.16 Å². The van der Waals surface area contributed by atoms with Crippen LogP contribution in [0.3, 0.4) is 0 Å². The molecule has 0 unspecified atom stereocenters. The number of benzene rings is 2. The molecule has 2 aromatic carbocycles. The number of ether oxygens (including phenoxy) is 2. The third-order valence-corrected chi connectivity index (χ3v) is 8.32. The van der Waals surface area contributed by atoms with Gasteiger partial charge in [-0.15, -0.1) is 0 Å². The molecule has 8 heteroatoms. The fourth-order valence-corrected chi connectivity index (χ4v) is 4.54. The SMILES string of the molecule is O=C(Oc1ccccc1)Oc1c(Br)c(Br)c(Br)c(Br)c1Br. The topological polar surface area (TPSA) is 35.5 Å². The molecule has 0 amide bonds. The third-order valence-electron chi connectivity index (χ3n) is 2.30. The second-order valence-corrected chi connectivity index (χ2v) is 7.63. The van der Waals surface area contributed by atoms with E-state index in [0.717, 1.165) is 4.47 Å². The van der Waals surface area contributed by atoms with Gasteiger partial charge in [-0.05, 0) is 91.8 Å². The van der Waals surface area contributed by atoms with Gasteiger partial charge in [0, 0.05) is 4.47 Å². The minimum absolute atomic E-state index is 0.304. The Morgan fingerprint density at radius 1 is 0.714 bits per heavy atom. The zero-order valence-electron chi connectivity index (χ0n) is 10.0. The molecule has 0 heterocycles. The normalized spacial score (nSPS) is 10.3. The minimum Gasteiger partial charge on any atom is -0.395 e. The molecule has 0 radical (unpaired) electrons. The number of halogens is 5. The molecule has 0 saturated heterocycles. The van der Waals surface area contributed by atoms with Crippen LogP contribution >= 0.6 is 79.6 Å². The van der Waals surface area contributed by atoms with Gasteiger partial charge in [0.25, 0.3) is 0 Å². The van der Waals surface area contributed by atoms with E-state index >= 15 is 0 Å². The first kappa shape index (κ1) is 17.5. The zero-order valence-corrected chi connectivity index (χ0v) is 17.9. The Hall–Kier alpha value is 0.110. The van der Waals surface area contributed by atoms with Gasteiger partial charge in [0.2, 0.25) is 0 Å². The van der Waals surface area contributed by atoms with Gasteiger partial charge in [0.15, 0.2) is 5.75 Å². The van der Waals surface area contributed by atoms with Crippen molar-refractivity contribution in [2.75, 3.05) is 0 Å². The van der Waals surface area contributed by atoms with Crippen LogP contribution < -0.4 is 9.47 Å². The Labute approximate surface area is 163 Å². The number of hydrogen-bond acceptors (Lipinski definition) is 3. The molecule has 3 nitrogen and oxygen atoms in total. The van der Waals surface area contributed by atoms with Crippen molar-refractivity contribution >= 4 is 85.8 Å². The van der Waals surface area contributed by atoms with E-state index < -0.39 is 6.16 Å². The van der Waals surface area contributed by atoms with Crippen LogP contribution in [-0.4, -0.2) is 6.16 Å². The van der Waals surface area contributed by atoms with Gasteiger partial charge in [-0.3, -0.25) is 0 Å². The number of hydrogen-bond donors (Lipinski definition) is 0. The second kappa shape index (κ2) is 7.59. The molecule has 0 aliphatic carbocycles. The summed E-state index contributed by atoms with van der Waals surface area (Å²) in [6, 6.07) is 8.69. The molecule has 0 aliphatic rings. The fourth-order valence-electron chi connectivity index (χ4n) is 1.36. The van der Waals surface area contributed by atoms with Gasteiger partial charge in [0.1, 0.15) is 5.75 Å². The predicted octanol–water partition coefficient (Wildman–Crippen LogP) is 7.08. The Morgan fingerprint density at radius 3 is 1.71 bits per heavy atom. The first-order valence-electron chi connectivity index (χ1n) is 5.38. The summed E-state index contributed by atoms with van der Waals surface area (Å²) in [7, 11) is 0. The largest absolute Gasteiger partial charge is 0.519 e. The Balaban J connectivity index is 2.26. The Morgan fingerprint density at radius 2 is 1.19 bits per heavy atom. The zero-order chi connectivity index (χ0) is 15.6. The van der Waals surface area contributed by atoms with Crippen LogP contribution in [0, 0.1) is 0 Å². The summed E-state index contributed by atoms with van der Waals surface area (Å²) < 4.78 is 13.7.